The summed E-state index contributed by atoms with van der Waals surface area (Å²) in [5.74, 6) is 0. The molecule has 0 fully saturated rings. The fourth-order valence-corrected chi connectivity index (χ4v) is 0.400. The molecule has 0 aliphatic carbocycles. The maximum absolute atomic E-state index is 10.3. The molecular formula is C7H14O2. The Kier molecular flexibility index (Phi) is 2.85. The molecule has 1 unspecified atom stereocenters. The number of hydrogen-bond donors (Lipinski definition) is 0. The average molecular weight is 130 g/mol. The Morgan fingerprint density at radius 1 is 1.56 bits per heavy atom. The minimum absolute atomic E-state index is 0.00463. The highest BCUT2D eigenvalue weighted by molar-refractivity contribution is 5.58. The molecule has 2 nitrogen and oxygen atoms in total. The summed E-state index contributed by atoms with van der Waals surface area (Å²) >= 11 is 0. The summed E-state index contributed by atoms with van der Waals surface area (Å²) < 4.78 is 4.97. The number of carbonyl (C=O) groups excluding carboxylic acids is 1. The molecule has 9 heavy (non-hydrogen) atoms. The van der Waals surface area contributed by atoms with E-state index in [1.807, 2.05) is 20.8 Å². The molecule has 0 amide bonds. The fraction of sp³-hybridized carbons (Fsp3) is 0.857. The summed E-state index contributed by atoms with van der Waals surface area (Å²) in [5, 5.41) is 0. The largest absolute Gasteiger partial charge is 0.381 e. The molecule has 0 aliphatic heterocycles. The Bertz CT molecular complexity index is 97.1. The average Bonchev–Trinajstić information content (AvgIpc) is 1.86. The molecule has 0 N–H and O–H groups in total. The normalized spacial score (nSPS) is 15.1. The summed E-state index contributed by atoms with van der Waals surface area (Å²) in [6, 6.07) is 0. The van der Waals surface area contributed by atoms with Crippen LogP contribution in [0, 0.1) is 5.41 Å². The van der Waals surface area contributed by atoms with Crippen molar-refractivity contribution in [1.29, 1.82) is 0 Å². The Labute approximate surface area is 56.2 Å². The number of methoxy groups -OCH3 is 1. The maximum atomic E-state index is 10.3. The van der Waals surface area contributed by atoms with Crippen molar-refractivity contribution >= 4 is 6.29 Å². The number of carbonyl (C=O) groups is 1. The van der Waals surface area contributed by atoms with Crippen LogP contribution in [0.5, 0.6) is 0 Å². The third kappa shape index (κ3) is 2.14. The molecule has 2 heteroatoms. The zero-order valence-electron chi connectivity index (χ0n) is 6.47. The molecule has 1 atom stereocenters. The van der Waals surface area contributed by atoms with Crippen molar-refractivity contribution < 1.29 is 9.53 Å². The SMILES string of the molecule is COC(C)C(C)(C)C=O. The van der Waals surface area contributed by atoms with Crippen LogP contribution in [0.4, 0.5) is 0 Å². The molecule has 0 heterocycles. The van der Waals surface area contributed by atoms with Crippen molar-refractivity contribution in [2.45, 2.75) is 26.9 Å². The molecule has 0 spiro atoms. The van der Waals surface area contributed by atoms with Crippen molar-refractivity contribution in [1.82, 2.24) is 0 Å². The van der Waals surface area contributed by atoms with Gasteiger partial charge in [0.25, 0.3) is 0 Å². The van der Waals surface area contributed by atoms with Crippen molar-refractivity contribution in [3.8, 4) is 0 Å². The minimum atomic E-state index is -0.352. The number of rotatable bonds is 3. The lowest BCUT2D eigenvalue weighted by Crippen LogP contribution is -2.29. The van der Waals surface area contributed by atoms with E-state index >= 15 is 0 Å². The van der Waals surface area contributed by atoms with E-state index in [-0.39, 0.29) is 11.5 Å². The van der Waals surface area contributed by atoms with E-state index in [1.165, 1.54) is 0 Å². The molecule has 0 aromatic rings. The molecule has 0 aliphatic rings. The molecule has 0 saturated heterocycles. The second-order valence-electron chi connectivity index (χ2n) is 2.82. The van der Waals surface area contributed by atoms with E-state index < -0.39 is 0 Å². The van der Waals surface area contributed by atoms with Gasteiger partial charge in [-0.05, 0) is 6.92 Å². The van der Waals surface area contributed by atoms with Gasteiger partial charge in [-0.25, -0.2) is 0 Å². The van der Waals surface area contributed by atoms with Crippen LogP contribution in [0.2, 0.25) is 0 Å². The quantitative estimate of drug-likeness (QED) is 0.537. The highest BCUT2D eigenvalue weighted by atomic mass is 16.5. The zero-order chi connectivity index (χ0) is 7.49. The Morgan fingerprint density at radius 2 is 2.00 bits per heavy atom. The summed E-state index contributed by atoms with van der Waals surface area (Å²) in [6.45, 7) is 5.59. The number of ether oxygens (including phenoxy) is 1. The highest BCUT2D eigenvalue weighted by Crippen LogP contribution is 2.18. The van der Waals surface area contributed by atoms with Crippen LogP contribution in [-0.2, 0) is 9.53 Å². The summed E-state index contributed by atoms with van der Waals surface area (Å²) in [7, 11) is 1.61. The van der Waals surface area contributed by atoms with Gasteiger partial charge >= 0.3 is 0 Å². The summed E-state index contributed by atoms with van der Waals surface area (Å²) in [5.41, 5.74) is -0.352. The molecule has 0 radical (unpaired) electrons. The van der Waals surface area contributed by atoms with Gasteiger partial charge in [-0.1, -0.05) is 13.8 Å². The van der Waals surface area contributed by atoms with Crippen molar-refractivity contribution in [2.75, 3.05) is 7.11 Å². The first kappa shape index (κ1) is 8.63. The van der Waals surface area contributed by atoms with Crippen molar-refractivity contribution in [3.63, 3.8) is 0 Å². The molecule has 0 aromatic heterocycles. The summed E-state index contributed by atoms with van der Waals surface area (Å²) in [6.07, 6.45) is 0.913. The van der Waals surface area contributed by atoms with Gasteiger partial charge in [-0.3, -0.25) is 0 Å². The number of aldehydes is 1. The smallest absolute Gasteiger partial charge is 0.128 e. The van der Waals surface area contributed by atoms with Crippen LogP contribution in [0.3, 0.4) is 0 Å². The van der Waals surface area contributed by atoms with Crippen molar-refractivity contribution in [2.24, 2.45) is 5.41 Å². The molecule has 54 valence electrons. The van der Waals surface area contributed by atoms with Crippen LogP contribution in [0.1, 0.15) is 20.8 Å². The predicted molar refractivity (Wildman–Crippen MR) is 36.3 cm³/mol. The Morgan fingerprint density at radius 3 is 2.11 bits per heavy atom. The van der Waals surface area contributed by atoms with Gasteiger partial charge in [0.15, 0.2) is 0 Å². The zero-order valence-corrected chi connectivity index (χ0v) is 6.47. The van der Waals surface area contributed by atoms with Crippen LogP contribution in [0.15, 0.2) is 0 Å². The van der Waals surface area contributed by atoms with Gasteiger partial charge < -0.3 is 9.53 Å². The minimum Gasteiger partial charge on any atom is -0.381 e. The number of hydrogen-bond acceptors (Lipinski definition) is 2. The lowest BCUT2D eigenvalue weighted by atomic mass is 9.90. The monoisotopic (exact) mass is 130 g/mol. The van der Waals surface area contributed by atoms with E-state index in [2.05, 4.69) is 0 Å². The third-order valence-electron chi connectivity index (χ3n) is 1.71. The molecule has 0 aromatic carbocycles. The third-order valence-corrected chi connectivity index (χ3v) is 1.71. The first-order valence-corrected chi connectivity index (χ1v) is 3.03. The standard InChI is InChI=1S/C7H14O2/c1-6(9-4)7(2,3)5-8/h5-6H,1-4H3. The first-order chi connectivity index (χ1) is 4.04. The van der Waals surface area contributed by atoms with Crippen molar-refractivity contribution in [3.05, 3.63) is 0 Å². The Balaban J connectivity index is 3.95. The van der Waals surface area contributed by atoms with E-state index in [0.29, 0.717) is 0 Å². The predicted octanol–water partition coefficient (Wildman–Crippen LogP) is 1.25. The molecule has 0 bridgehead atoms. The van der Waals surface area contributed by atoms with Gasteiger partial charge in [0.2, 0.25) is 0 Å². The van der Waals surface area contributed by atoms with Gasteiger partial charge in [0.1, 0.15) is 6.29 Å². The molecule has 0 saturated carbocycles. The second-order valence-corrected chi connectivity index (χ2v) is 2.82. The van der Waals surface area contributed by atoms with E-state index in [0.717, 1.165) is 6.29 Å². The van der Waals surface area contributed by atoms with Gasteiger partial charge in [-0.15, -0.1) is 0 Å². The van der Waals surface area contributed by atoms with Crippen LogP contribution < -0.4 is 0 Å². The highest BCUT2D eigenvalue weighted by Gasteiger charge is 2.24. The maximum Gasteiger partial charge on any atom is 0.128 e. The van der Waals surface area contributed by atoms with E-state index in [4.69, 9.17) is 4.74 Å². The first-order valence-electron chi connectivity index (χ1n) is 3.03. The molecular weight excluding hydrogens is 116 g/mol. The fourth-order valence-electron chi connectivity index (χ4n) is 0.400. The Hall–Kier alpha value is -0.370. The van der Waals surface area contributed by atoms with Crippen LogP contribution >= 0.6 is 0 Å². The van der Waals surface area contributed by atoms with E-state index in [1.54, 1.807) is 7.11 Å². The van der Waals surface area contributed by atoms with Crippen LogP contribution in [0.25, 0.3) is 0 Å². The topological polar surface area (TPSA) is 26.3 Å². The van der Waals surface area contributed by atoms with Crippen LogP contribution in [-0.4, -0.2) is 19.5 Å². The van der Waals surface area contributed by atoms with E-state index in [9.17, 15) is 4.79 Å². The van der Waals surface area contributed by atoms with Gasteiger partial charge in [0, 0.05) is 12.5 Å². The molecule has 0 rings (SSSR count). The van der Waals surface area contributed by atoms with Gasteiger partial charge in [0.05, 0.1) is 6.10 Å². The lowest BCUT2D eigenvalue weighted by Gasteiger charge is -2.23. The van der Waals surface area contributed by atoms with Gasteiger partial charge in [-0.2, -0.15) is 0 Å². The second kappa shape index (κ2) is 2.97. The lowest BCUT2D eigenvalue weighted by molar-refractivity contribution is -0.120. The summed E-state index contributed by atoms with van der Waals surface area (Å²) in [4.78, 5) is 10.3.